The van der Waals surface area contributed by atoms with Gasteiger partial charge in [-0.05, 0) is 41.8 Å². The number of benzene rings is 2. The first kappa shape index (κ1) is 22.8. The lowest BCUT2D eigenvalue weighted by atomic mass is 10.2. The Morgan fingerprint density at radius 3 is 2.41 bits per heavy atom. The number of ether oxygens (including phenoxy) is 2. The lowest BCUT2D eigenvalue weighted by Crippen LogP contribution is -2.31. The average molecular weight is 510 g/mol. The molecule has 3 N–H and O–H groups in total. The summed E-state index contributed by atoms with van der Waals surface area (Å²) in [5.41, 5.74) is 8.96. The maximum Gasteiger partial charge on any atom is 0.227 e. The van der Waals surface area contributed by atoms with Gasteiger partial charge in [-0.25, -0.2) is 4.99 Å². The number of nitrogens with two attached hydrogens (primary N) is 1. The van der Waals surface area contributed by atoms with Gasteiger partial charge in [-0.15, -0.1) is 24.0 Å². The number of rotatable bonds is 7. The van der Waals surface area contributed by atoms with Crippen LogP contribution in [0.5, 0.6) is 11.5 Å². The van der Waals surface area contributed by atoms with Crippen LogP contribution in [0.15, 0.2) is 47.5 Å². The van der Waals surface area contributed by atoms with Crippen molar-refractivity contribution in [3.8, 4) is 11.5 Å². The monoisotopic (exact) mass is 510 g/mol. The lowest BCUT2D eigenvalue weighted by Gasteiger charge is -2.16. The van der Waals surface area contributed by atoms with Crippen LogP contribution >= 0.6 is 24.0 Å². The molecule has 0 radical (unpaired) electrons. The van der Waals surface area contributed by atoms with Crippen molar-refractivity contribution in [2.75, 3.05) is 25.7 Å². The molecule has 3 rings (SSSR count). The number of carbonyl (C=O) groups is 1. The SMILES string of the molecule is COc1ccc(CN=C(N)NCc2ccc(N3CCCC3=O)cc2)cc1OC.I. The molecule has 1 saturated heterocycles. The molecule has 1 aliphatic rings. The van der Waals surface area contributed by atoms with E-state index in [4.69, 9.17) is 15.2 Å². The molecule has 2 aromatic carbocycles. The summed E-state index contributed by atoms with van der Waals surface area (Å²) in [5, 5.41) is 3.11. The van der Waals surface area contributed by atoms with Crippen molar-refractivity contribution in [1.29, 1.82) is 0 Å². The highest BCUT2D eigenvalue weighted by atomic mass is 127. The number of nitrogens with one attached hydrogen (secondary N) is 1. The molecular weight excluding hydrogens is 483 g/mol. The molecule has 7 nitrogen and oxygen atoms in total. The number of carbonyl (C=O) groups excluding carboxylic acids is 1. The standard InChI is InChI=1S/C21H26N4O3.HI/c1-27-18-10-7-16(12-19(18)28-2)14-24-21(22)23-13-15-5-8-17(9-6-15)25-11-3-4-20(25)26;/h5-10,12H,3-4,11,13-14H2,1-2H3,(H3,22,23,24);1H. The van der Waals surface area contributed by atoms with E-state index in [9.17, 15) is 4.79 Å². The van der Waals surface area contributed by atoms with Crippen LogP contribution in [0.4, 0.5) is 5.69 Å². The van der Waals surface area contributed by atoms with Gasteiger partial charge in [-0.1, -0.05) is 18.2 Å². The predicted octanol–water partition coefficient (Wildman–Crippen LogP) is 3.05. The topological polar surface area (TPSA) is 89.2 Å². The van der Waals surface area contributed by atoms with Crippen LogP contribution in [0, 0.1) is 0 Å². The molecule has 29 heavy (non-hydrogen) atoms. The van der Waals surface area contributed by atoms with Gasteiger partial charge >= 0.3 is 0 Å². The van der Waals surface area contributed by atoms with Crippen LogP contribution in [0.1, 0.15) is 24.0 Å². The van der Waals surface area contributed by atoms with Gasteiger partial charge < -0.3 is 25.4 Å². The first-order valence-electron chi connectivity index (χ1n) is 9.24. The van der Waals surface area contributed by atoms with E-state index in [1.165, 1.54) is 0 Å². The number of amides is 1. The van der Waals surface area contributed by atoms with Crippen LogP contribution in [0.3, 0.4) is 0 Å². The highest BCUT2D eigenvalue weighted by Gasteiger charge is 2.21. The number of halogens is 1. The van der Waals surface area contributed by atoms with Crippen molar-refractivity contribution in [1.82, 2.24) is 5.32 Å². The Morgan fingerprint density at radius 2 is 1.79 bits per heavy atom. The van der Waals surface area contributed by atoms with Crippen LogP contribution in [-0.2, 0) is 17.9 Å². The molecular formula is C21H27IN4O3. The third-order valence-corrected chi connectivity index (χ3v) is 4.67. The normalized spacial score (nSPS) is 13.8. The molecule has 0 bridgehead atoms. The molecule has 2 aromatic rings. The Labute approximate surface area is 188 Å². The van der Waals surface area contributed by atoms with Crippen LogP contribution in [0.25, 0.3) is 0 Å². The summed E-state index contributed by atoms with van der Waals surface area (Å²) in [6, 6.07) is 13.6. The Hall–Kier alpha value is -2.49. The maximum absolute atomic E-state index is 11.8. The van der Waals surface area contributed by atoms with Gasteiger partial charge in [0.05, 0.1) is 20.8 Å². The smallest absolute Gasteiger partial charge is 0.227 e. The molecule has 1 heterocycles. The van der Waals surface area contributed by atoms with Gasteiger partial charge in [0, 0.05) is 25.2 Å². The van der Waals surface area contributed by atoms with E-state index in [1.54, 1.807) is 14.2 Å². The Balaban J connectivity index is 0.00000300. The molecule has 0 unspecified atom stereocenters. The van der Waals surface area contributed by atoms with Crippen LogP contribution < -0.4 is 25.4 Å². The molecule has 8 heteroatoms. The van der Waals surface area contributed by atoms with E-state index in [-0.39, 0.29) is 29.9 Å². The minimum Gasteiger partial charge on any atom is -0.493 e. The van der Waals surface area contributed by atoms with Crippen molar-refractivity contribution >= 4 is 41.5 Å². The van der Waals surface area contributed by atoms with E-state index >= 15 is 0 Å². The average Bonchev–Trinajstić information content (AvgIpc) is 3.16. The molecule has 0 aromatic heterocycles. The molecule has 0 atom stereocenters. The van der Waals surface area contributed by atoms with Gasteiger partial charge in [-0.3, -0.25) is 4.79 Å². The van der Waals surface area contributed by atoms with E-state index < -0.39 is 0 Å². The van der Waals surface area contributed by atoms with E-state index in [0.29, 0.717) is 37.0 Å². The zero-order valence-corrected chi connectivity index (χ0v) is 19.0. The summed E-state index contributed by atoms with van der Waals surface area (Å²) in [5.74, 6) is 1.91. The van der Waals surface area contributed by atoms with Crippen LogP contribution in [-0.4, -0.2) is 32.6 Å². The second-order valence-electron chi connectivity index (χ2n) is 6.56. The predicted molar refractivity (Wildman–Crippen MR) is 125 cm³/mol. The molecule has 1 aliphatic heterocycles. The van der Waals surface area contributed by atoms with Crippen molar-refractivity contribution in [3.05, 3.63) is 53.6 Å². The van der Waals surface area contributed by atoms with Gasteiger partial charge in [-0.2, -0.15) is 0 Å². The molecule has 0 saturated carbocycles. The number of nitrogens with zero attached hydrogens (tertiary/aromatic N) is 2. The third-order valence-electron chi connectivity index (χ3n) is 4.67. The van der Waals surface area contributed by atoms with Gasteiger partial charge in [0.25, 0.3) is 0 Å². The summed E-state index contributed by atoms with van der Waals surface area (Å²) in [6.07, 6.45) is 1.56. The summed E-state index contributed by atoms with van der Waals surface area (Å²) in [7, 11) is 3.21. The third kappa shape index (κ3) is 5.99. The van der Waals surface area contributed by atoms with Crippen molar-refractivity contribution in [3.63, 3.8) is 0 Å². The molecule has 1 amide bonds. The maximum atomic E-state index is 11.8. The van der Waals surface area contributed by atoms with Crippen molar-refractivity contribution in [2.45, 2.75) is 25.9 Å². The Morgan fingerprint density at radius 1 is 1.10 bits per heavy atom. The highest BCUT2D eigenvalue weighted by Crippen LogP contribution is 2.27. The second-order valence-corrected chi connectivity index (χ2v) is 6.56. The lowest BCUT2D eigenvalue weighted by molar-refractivity contribution is -0.117. The fraction of sp³-hybridized carbons (Fsp3) is 0.333. The van der Waals surface area contributed by atoms with Crippen molar-refractivity contribution < 1.29 is 14.3 Å². The Bertz CT molecular complexity index is 856. The molecule has 156 valence electrons. The van der Waals surface area contributed by atoms with Gasteiger partial charge in [0.1, 0.15) is 0 Å². The number of methoxy groups -OCH3 is 2. The zero-order valence-electron chi connectivity index (χ0n) is 16.7. The van der Waals surface area contributed by atoms with Gasteiger partial charge in [0.2, 0.25) is 5.91 Å². The van der Waals surface area contributed by atoms with E-state index in [1.807, 2.05) is 47.4 Å². The number of anilines is 1. The highest BCUT2D eigenvalue weighted by molar-refractivity contribution is 14.0. The summed E-state index contributed by atoms with van der Waals surface area (Å²) in [4.78, 5) is 18.0. The summed E-state index contributed by atoms with van der Waals surface area (Å²) in [6.45, 7) is 1.80. The molecule has 1 fully saturated rings. The summed E-state index contributed by atoms with van der Waals surface area (Å²) < 4.78 is 10.5. The van der Waals surface area contributed by atoms with Crippen LogP contribution in [0.2, 0.25) is 0 Å². The van der Waals surface area contributed by atoms with E-state index in [0.717, 1.165) is 29.8 Å². The fourth-order valence-corrected chi connectivity index (χ4v) is 3.12. The van der Waals surface area contributed by atoms with E-state index in [2.05, 4.69) is 10.3 Å². The number of aliphatic imine (C=N–C) groups is 1. The molecule has 0 spiro atoms. The number of hydrogen-bond acceptors (Lipinski definition) is 4. The largest absolute Gasteiger partial charge is 0.493 e. The molecule has 0 aliphatic carbocycles. The minimum atomic E-state index is 0. The minimum absolute atomic E-state index is 0. The van der Waals surface area contributed by atoms with Crippen molar-refractivity contribution in [2.24, 2.45) is 10.7 Å². The second kappa shape index (κ2) is 10.9. The van der Waals surface area contributed by atoms with Gasteiger partial charge in [0.15, 0.2) is 17.5 Å². The number of hydrogen-bond donors (Lipinski definition) is 2. The Kier molecular flexibility index (Phi) is 8.56. The first-order valence-corrected chi connectivity index (χ1v) is 9.24. The fourth-order valence-electron chi connectivity index (χ4n) is 3.12. The number of guanidine groups is 1. The quantitative estimate of drug-likeness (QED) is 0.340. The zero-order chi connectivity index (χ0) is 19.9. The first-order chi connectivity index (χ1) is 13.6. The summed E-state index contributed by atoms with van der Waals surface area (Å²) >= 11 is 0.